The third-order valence-electron chi connectivity index (χ3n) is 4.47. The largest absolute Gasteiger partial charge is 0.393 e. The van der Waals surface area contributed by atoms with E-state index >= 15 is 0 Å². The van der Waals surface area contributed by atoms with E-state index in [-0.39, 0.29) is 6.10 Å². The van der Waals surface area contributed by atoms with Crippen LogP contribution < -0.4 is 0 Å². The molecule has 2 fully saturated rings. The molecule has 2 bridgehead atoms. The topological polar surface area (TPSA) is 23.5 Å². The quantitative estimate of drug-likeness (QED) is 0.696. The van der Waals surface area contributed by atoms with Crippen molar-refractivity contribution in [2.24, 2.45) is 17.8 Å². The van der Waals surface area contributed by atoms with Crippen molar-refractivity contribution in [2.75, 3.05) is 19.6 Å². The molecule has 2 heteroatoms. The summed E-state index contributed by atoms with van der Waals surface area (Å²) in [6.45, 7) is 3.50. The fourth-order valence-corrected chi connectivity index (χ4v) is 3.54. The predicted molar refractivity (Wildman–Crippen MR) is 60.5 cm³/mol. The summed E-state index contributed by atoms with van der Waals surface area (Å²) in [4.78, 5) is 2.56. The number of piperidine rings is 1. The van der Waals surface area contributed by atoms with Crippen LogP contribution in [0.25, 0.3) is 0 Å². The van der Waals surface area contributed by atoms with E-state index < -0.39 is 0 Å². The highest BCUT2D eigenvalue weighted by molar-refractivity contribution is 5.10. The number of fused-ring (bicyclic) bond motifs is 2. The van der Waals surface area contributed by atoms with E-state index in [1.54, 1.807) is 0 Å². The summed E-state index contributed by atoms with van der Waals surface area (Å²) in [5.74, 6) is 2.69. The molecule has 84 valence electrons. The van der Waals surface area contributed by atoms with E-state index in [0.29, 0.717) is 0 Å². The zero-order valence-electron chi connectivity index (χ0n) is 9.31. The highest BCUT2D eigenvalue weighted by Gasteiger charge is 2.36. The van der Waals surface area contributed by atoms with Crippen LogP contribution in [-0.4, -0.2) is 35.7 Å². The van der Waals surface area contributed by atoms with Gasteiger partial charge in [-0.15, -0.1) is 0 Å². The number of aliphatic hydroxyl groups is 1. The normalized spacial score (nSPS) is 41.5. The Labute approximate surface area is 92.0 Å². The highest BCUT2D eigenvalue weighted by Crippen LogP contribution is 2.43. The molecular weight excluding hydrogens is 186 g/mol. The molecule has 3 rings (SSSR count). The van der Waals surface area contributed by atoms with Gasteiger partial charge in [0.2, 0.25) is 0 Å². The van der Waals surface area contributed by atoms with Gasteiger partial charge in [0.25, 0.3) is 0 Å². The van der Waals surface area contributed by atoms with Crippen molar-refractivity contribution in [2.45, 2.75) is 31.8 Å². The molecule has 1 saturated carbocycles. The molecule has 0 aromatic carbocycles. The van der Waals surface area contributed by atoms with Gasteiger partial charge in [-0.2, -0.15) is 0 Å². The van der Waals surface area contributed by atoms with Gasteiger partial charge in [-0.05, 0) is 43.4 Å². The van der Waals surface area contributed by atoms with Gasteiger partial charge in [-0.3, -0.25) is 0 Å². The third kappa shape index (κ3) is 1.98. The van der Waals surface area contributed by atoms with Crippen LogP contribution in [-0.2, 0) is 0 Å². The average Bonchev–Trinajstić information content (AvgIpc) is 2.83. The predicted octanol–water partition coefficient (Wildman–Crippen LogP) is 1.66. The van der Waals surface area contributed by atoms with Crippen LogP contribution in [0.15, 0.2) is 12.2 Å². The maximum atomic E-state index is 9.46. The van der Waals surface area contributed by atoms with Crippen LogP contribution in [0.5, 0.6) is 0 Å². The minimum Gasteiger partial charge on any atom is -0.393 e. The van der Waals surface area contributed by atoms with Crippen molar-refractivity contribution in [3.8, 4) is 0 Å². The molecule has 0 amide bonds. The van der Waals surface area contributed by atoms with Gasteiger partial charge in [0.15, 0.2) is 0 Å². The lowest BCUT2D eigenvalue weighted by Crippen LogP contribution is -2.39. The Bertz CT molecular complexity index is 255. The highest BCUT2D eigenvalue weighted by atomic mass is 16.3. The average molecular weight is 207 g/mol. The Morgan fingerprint density at radius 3 is 2.53 bits per heavy atom. The summed E-state index contributed by atoms with van der Waals surface area (Å²) in [6, 6.07) is 0. The monoisotopic (exact) mass is 207 g/mol. The molecule has 0 spiro atoms. The first-order valence-corrected chi connectivity index (χ1v) is 6.40. The lowest BCUT2D eigenvalue weighted by Gasteiger charge is -2.33. The molecule has 0 radical (unpaired) electrons. The summed E-state index contributed by atoms with van der Waals surface area (Å²) in [7, 11) is 0. The van der Waals surface area contributed by atoms with Crippen molar-refractivity contribution in [3.63, 3.8) is 0 Å². The molecule has 1 N–H and O–H groups in total. The van der Waals surface area contributed by atoms with Crippen LogP contribution in [0, 0.1) is 17.8 Å². The molecule has 1 heterocycles. The summed E-state index contributed by atoms with van der Waals surface area (Å²) >= 11 is 0. The molecule has 1 saturated heterocycles. The number of likely N-dealkylation sites (tertiary alicyclic amines) is 1. The summed E-state index contributed by atoms with van der Waals surface area (Å²) in [5.41, 5.74) is 0. The Hall–Kier alpha value is -0.340. The van der Waals surface area contributed by atoms with E-state index in [1.807, 2.05) is 0 Å². The summed E-state index contributed by atoms with van der Waals surface area (Å²) < 4.78 is 0. The van der Waals surface area contributed by atoms with Crippen molar-refractivity contribution in [3.05, 3.63) is 12.2 Å². The first-order chi connectivity index (χ1) is 7.31. The number of rotatable bonds is 2. The minimum absolute atomic E-state index is 0.0267. The molecular formula is C13H21NO. The molecule has 0 unspecified atom stereocenters. The smallest absolute Gasteiger partial charge is 0.0564 e. The van der Waals surface area contributed by atoms with Crippen LogP contribution in [0.1, 0.15) is 25.7 Å². The number of hydrogen-bond acceptors (Lipinski definition) is 2. The Morgan fingerprint density at radius 1 is 1.13 bits per heavy atom. The first-order valence-electron chi connectivity index (χ1n) is 6.40. The zero-order valence-corrected chi connectivity index (χ0v) is 9.31. The third-order valence-corrected chi connectivity index (χ3v) is 4.47. The fourth-order valence-electron chi connectivity index (χ4n) is 3.54. The number of aliphatic hydroxyl groups excluding tert-OH is 1. The molecule has 3 aliphatic rings. The first kappa shape index (κ1) is 9.86. The van der Waals surface area contributed by atoms with Crippen LogP contribution in [0.4, 0.5) is 0 Å². The van der Waals surface area contributed by atoms with Crippen LogP contribution in [0.2, 0.25) is 0 Å². The van der Waals surface area contributed by atoms with E-state index in [4.69, 9.17) is 0 Å². The second kappa shape index (κ2) is 3.91. The SMILES string of the molecule is OC1CCN(C[C@@H]2C[C@@H]3C=C[C@H]2C3)CC1. The standard InChI is InChI=1S/C13H21NO/c15-13-3-5-14(6-4-13)9-12-8-10-1-2-11(12)7-10/h1-2,10-13,15H,3-9H2/t10-,11+,12+/m1/s1. The molecule has 0 aromatic rings. The van der Waals surface area contributed by atoms with E-state index in [9.17, 15) is 5.11 Å². The Balaban J connectivity index is 1.51. The number of nitrogens with zero attached hydrogens (tertiary/aromatic N) is 1. The molecule has 0 aromatic heterocycles. The maximum Gasteiger partial charge on any atom is 0.0564 e. The van der Waals surface area contributed by atoms with Gasteiger partial charge in [0.1, 0.15) is 0 Å². The number of allylic oxidation sites excluding steroid dienone is 2. The zero-order chi connectivity index (χ0) is 10.3. The summed E-state index contributed by atoms with van der Waals surface area (Å²) in [5, 5.41) is 9.46. The van der Waals surface area contributed by atoms with Crippen molar-refractivity contribution in [1.29, 1.82) is 0 Å². The van der Waals surface area contributed by atoms with Crippen molar-refractivity contribution < 1.29 is 5.11 Å². The maximum absolute atomic E-state index is 9.46. The van der Waals surface area contributed by atoms with Gasteiger partial charge in [0, 0.05) is 19.6 Å². The molecule has 1 aliphatic heterocycles. The van der Waals surface area contributed by atoms with Gasteiger partial charge in [-0.1, -0.05) is 12.2 Å². The number of hydrogen-bond donors (Lipinski definition) is 1. The molecule has 2 aliphatic carbocycles. The molecule has 2 nitrogen and oxygen atoms in total. The Morgan fingerprint density at radius 2 is 1.93 bits per heavy atom. The van der Waals surface area contributed by atoms with E-state index in [1.165, 1.54) is 19.4 Å². The summed E-state index contributed by atoms with van der Waals surface area (Å²) in [6.07, 6.45) is 9.63. The van der Waals surface area contributed by atoms with Gasteiger partial charge in [-0.25, -0.2) is 0 Å². The minimum atomic E-state index is -0.0267. The second-order valence-electron chi connectivity index (χ2n) is 5.57. The molecule has 3 atom stereocenters. The van der Waals surface area contributed by atoms with Gasteiger partial charge in [0.05, 0.1) is 6.10 Å². The van der Waals surface area contributed by atoms with Crippen molar-refractivity contribution in [1.82, 2.24) is 4.90 Å². The van der Waals surface area contributed by atoms with Gasteiger partial charge < -0.3 is 10.0 Å². The lowest BCUT2D eigenvalue weighted by atomic mass is 9.92. The van der Waals surface area contributed by atoms with Crippen molar-refractivity contribution >= 4 is 0 Å². The second-order valence-corrected chi connectivity index (χ2v) is 5.57. The fraction of sp³-hybridized carbons (Fsp3) is 0.846. The molecule has 15 heavy (non-hydrogen) atoms. The van der Waals surface area contributed by atoms with E-state index in [2.05, 4.69) is 17.1 Å². The van der Waals surface area contributed by atoms with E-state index in [0.717, 1.165) is 43.7 Å². The van der Waals surface area contributed by atoms with Gasteiger partial charge >= 0.3 is 0 Å². The lowest BCUT2D eigenvalue weighted by molar-refractivity contribution is 0.0724. The Kier molecular flexibility index (Phi) is 2.57. The van der Waals surface area contributed by atoms with Crippen LogP contribution in [0.3, 0.4) is 0 Å². The van der Waals surface area contributed by atoms with Crippen LogP contribution >= 0.6 is 0 Å².